The van der Waals surface area contributed by atoms with Crippen molar-refractivity contribution in [2.75, 3.05) is 13.2 Å². The molecule has 0 aliphatic rings. The average Bonchev–Trinajstić information content (AvgIpc) is 2.82. The predicted octanol–water partition coefficient (Wildman–Crippen LogP) is 2.37. The van der Waals surface area contributed by atoms with Crippen molar-refractivity contribution in [3.63, 3.8) is 0 Å². The number of hydrogen-bond donors (Lipinski definition) is 2. The second kappa shape index (κ2) is 7.13. The first-order chi connectivity index (χ1) is 10.5. The summed E-state index contributed by atoms with van der Waals surface area (Å²) in [5, 5.41) is 12.5. The van der Waals surface area contributed by atoms with Crippen LogP contribution in [0.2, 0.25) is 0 Å². The molecular weight excluding hydrogens is 282 g/mol. The summed E-state index contributed by atoms with van der Waals surface area (Å²) in [6.07, 6.45) is -0.790. The number of aliphatic hydroxyl groups is 1. The van der Waals surface area contributed by atoms with Crippen LogP contribution in [-0.4, -0.2) is 30.3 Å². The first-order valence-corrected chi connectivity index (χ1v) is 7.18. The number of carbonyl (C=O) groups excluding carboxylic acids is 1. The molecule has 1 heterocycles. The third-order valence-corrected chi connectivity index (χ3v) is 3.32. The van der Waals surface area contributed by atoms with Gasteiger partial charge in [-0.2, -0.15) is 0 Å². The number of rotatable bonds is 6. The van der Waals surface area contributed by atoms with Gasteiger partial charge in [0.15, 0.2) is 5.76 Å². The Bertz CT molecular complexity index is 628. The number of hydrogen-bond acceptors (Lipinski definition) is 4. The van der Waals surface area contributed by atoms with Crippen molar-refractivity contribution in [1.82, 2.24) is 5.32 Å². The summed E-state index contributed by atoms with van der Waals surface area (Å²) in [5.41, 5.74) is 2.01. The summed E-state index contributed by atoms with van der Waals surface area (Å²) < 4.78 is 10.8. The number of aliphatic hydroxyl groups excluding tert-OH is 1. The largest absolute Gasteiger partial charge is 0.491 e. The normalized spacial score (nSPS) is 12.0. The Balaban J connectivity index is 1.77. The molecule has 1 aromatic carbocycles. The minimum atomic E-state index is -0.790. The summed E-state index contributed by atoms with van der Waals surface area (Å²) in [6.45, 7) is 5.86. The van der Waals surface area contributed by atoms with Crippen molar-refractivity contribution < 1.29 is 19.1 Å². The minimum absolute atomic E-state index is 0.101. The Hall–Kier alpha value is -2.27. The lowest BCUT2D eigenvalue weighted by Gasteiger charge is -2.13. The lowest BCUT2D eigenvalue weighted by Crippen LogP contribution is -2.35. The monoisotopic (exact) mass is 303 g/mol. The summed E-state index contributed by atoms with van der Waals surface area (Å²) in [4.78, 5) is 11.9. The van der Waals surface area contributed by atoms with E-state index in [1.165, 1.54) is 0 Å². The van der Waals surface area contributed by atoms with Gasteiger partial charge in [0, 0.05) is 6.54 Å². The van der Waals surface area contributed by atoms with Crippen molar-refractivity contribution in [3.05, 3.63) is 53.0 Å². The topological polar surface area (TPSA) is 71.7 Å². The Labute approximate surface area is 129 Å². The molecule has 0 bridgehead atoms. The van der Waals surface area contributed by atoms with E-state index >= 15 is 0 Å². The molecule has 0 saturated carbocycles. The van der Waals surface area contributed by atoms with Gasteiger partial charge in [0.05, 0.1) is 0 Å². The van der Waals surface area contributed by atoms with Gasteiger partial charge >= 0.3 is 0 Å². The zero-order valence-electron chi connectivity index (χ0n) is 13.1. The summed E-state index contributed by atoms with van der Waals surface area (Å²) >= 11 is 0. The van der Waals surface area contributed by atoms with Crippen LogP contribution in [-0.2, 0) is 0 Å². The Morgan fingerprint density at radius 1 is 1.32 bits per heavy atom. The van der Waals surface area contributed by atoms with Crippen LogP contribution < -0.4 is 10.1 Å². The van der Waals surface area contributed by atoms with E-state index in [1.807, 2.05) is 38.1 Å². The lowest BCUT2D eigenvalue weighted by molar-refractivity contribution is 0.0821. The molecule has 5 heteroatoms. The number of ether oxygens (including phenoxy) is 1. The van der Waals surface area contributed by atoms with Gasteiger partial charge < -0.3 is 19.6 Å². The Morgan fingerprint density at radius 2 is 2.09 bits per heavy atom. The van der Waals surface area contributed by atoms with E-state index in [9.17, 15) is 9.90 Å². The second-order valence-corrected chi connectivity index (χ2v) is 5.34. The Kier molecular flexibility index (Phi) is 5.22. The molecule has 118 valence electrons. The molecule has 1 aromatic heterocycles. The van der Waals surface area contributed by atoms with Crippen LogP contribution in [0.15, 0.2) is 34.7 Å². The summed E-state index contributed by atoms with van der Waals surface area (Å²) in [7, 11) is 0. The van der Waals surface area contributed by atoms with Crippen molar-refractivity contribution >= 4 is 5.91 Å². The molecule has 0 fully saturated rings. The molecule has 0 saturated heterocycles. The van der Waals surface area contributed by atoms with Gasteiger partial charge in [-0.25, -0.2) is 0 Å². The van der Waals surface area contributed by atoms with Crippen molar-refractivity contribution in [2.24, 2.45) is 0 Å². The van der Waals surface area contributed by atoms with Gasteiger partial charge in [-0.1, -0.05) is 12.1 Å². The predicted molar refractivity (Wildman–Crippen MR) is 83.2 cm³/mol. The first kappa shape index (κ1) is 16.1. The SMILES string of the molecule is Cc1cccc(OCC(O)CNC(=O)c2cc(C)c(C)o2)c1. The van der Waals surface area contributed by atoms with Gasteiger partial charge in [-0.05, 0) is 50.1 Å². The second-order valence-electron chi connectivity index (χ2n) is 5.34. The zero-order valence-corrected chi connectivity index (χ0v) is 13.1. The van der Waals surface area contributed by atoms with Gasteiger partial charge in [-0.15, -0.1) is 0 Å². The van der Waals surface area contributed by atoms with Crippen molar-refractivity contribution in [1.29, 1.82) is 0 Å². The fourth-order valence-electron chi connectivity index (χ4n) is 1.94. The number of benzene rings is 1. The highest BCUT2D eigenvalue weighted by Gasteiger charge is 2.14. The van der Waals surface area contributed by atoms with Crippen LogP contribution in [0.25, 0.3) is 0 Å². The van der Waals surface area contributed by atoms with Gasteiger partial charge in [0.2, 0.25) is 0 Å². The molecule has 0 spiro atoms. The third kappa shape index (κ3) is 4.36. The van der Waals surface area contributed by atoms with Crippen molar-refractivity contribution in [2.45, 2.75) is 26.9 Å². The quantitative estimate of drug-likeness (QED) is 0.859. The van der Waals surface area contributed by atoms with Gasteiger partial charge in [-0.3, -0.25) is 4.79 Å². The molecule has 1 unspecified atom stereocenters. The molecule has 1 amide bonds. The van der Waals surface area contributed by atoms with E-state index in [2.05, 4.69) is 5.32 Å². The average molecular weight is 303 g/mol. The molecule has 2 aromatic rings. The highest BCUT2D eigenvalue weighted by molar-refractivity contribution is 5.91. The van der Waals surface area contributed by atoms with Crippen molar-refractivity contribution in [3.8, 4) is 5.75 Å². The molecule has 1 atom stereocenters. The maximum absolute atomic E-state index is 11.9. The molecule has 2 rings (SSSR count). The number of carbonyl (C=O) groups is 1. The first-order valence-electron chi connectivity index (χ1n) is 7.18. The number of amides is 1. The highest BCUT2D eigenvalue weighted by Crippen LogP contribution is 2.13. The number of aryl methyl sites for hydroxylation is 3. The maximum atomic E-state index is 11.9. The molecule has 0 aliphatic heterocycles. The fraction of sp³-hybridized carbons (Fsp3) is 0.353. The van der Waals surface area contributed by atoms with Crippen LogP contribution >= 0.6 is 0 Å². The van der Waals surface area contributed by atoms with E-state index in [0.29, 0.717) is 11.5 Å². The number of furan rings is 1. The zero-order chi connectivity index (χ0) is 16.1. The molecular formula is C17H21NO4. The standard InChI is InChI=1S/C17H21NO4/c1-11-5-4-6-15(7-11)21-10-14(19)9-18-17(20)16-8-12(2)13(3)22-16/h4-8,14,19H,9-10H2,1-3H3,(H,18,20). The molecule has 22 heavy (non-hydrogen) atoms. The summed E-state index contributed by atoms with van der Waals surface area (Å²) in [5.74, 6) is 1.32. The molecule has 2 N–H and O–H groups in total. The van der Waals surface area contributed by atoms with Crippen LogP contribution in [0.3, 0.4) is 0 Å². The third-order valence-electron chi connectivity index (χ3n) is 3.32. The van der Waals surface area contributed by atoms with Gasteiger partial charge in [0.1, 0.15) is 24.2 Å². The van der Waals surface area contributed by atoms with E-state index in [1.54, 1.807) is 13.0 Å². The van der Waals surface area contributed by atoms with Crippen LogP contribution in [0.4, 0.5) is 0 Å². The fourth-order valence-corrected chi connectivity index (χ4v) is 1.94. The molecule has 0 radical (unpaired) electrons. The van der Waals surface area contributed by atoms with E-state index in [0.717, 1.165) is 11.1 Å². The lowest BCUT2D eigenvalue weighted by atomic mass is 10.2. The molecule has 5 nitrogen and oxygen atoms in total. The van der Waals surface area contributed by atoms with E-state index < -0.39 is 6.10 Å². The maximum Gasteiger partial charge on any atom is 0.287 e. The minimum Gasteiger partial charge on any atom is -0.491 e. The summed E-state index contributed by atoms with van der Waals surface area (Å²) in [6, 6.07) is 9.25. The molecule has 0 aliphatic carbocycles. The highest BCUT2D eigenvalue weighted by atomic mass is 16.5. The van der Waals surface area contributed by atoms with Gasteiger partial charge in [0.25, 0.3) is 5.91 Å². The van der Waals surface area contributed by atoms with E-state index in [-0.39, 0.29) is 24.8 Å². The Morgan fingerprint density at radius 3 is 2.73 bits per heavy atom. The number of nitrogens with one attached hydrogen (secondary N) is 1. The van der Waals surface area contributed by atoms with E-state index in [4.69, 9.17) is 9.15 Å². The smallest absolute Gasteiger partial charge is 0.287 e. The van der Waals surface area contributed by atoms with Crippen LogP contribution in [0, 0.1) is 20.8 Å². The van der Waals surface area contributed by atoms with Crippen LogP contribution in [0.1, 0.15) is 27.4 Å². The van der Waals surface area contributed by atoms with Crippen LogP contribution in [0.5, 0.6) is 5.75 Å².